The number of nitro groups is 1. The number of nitrogens with one attached hydrogen (secondary N) is 1. The van der Waals surface area contributed by atoms with Crippen LogP contribution in [0.3, 0.4) is 0 Å². The Bertz CT molecular complexity index is 1430. The van der Waals surface area contributed by atoms with Gasteiger partial charge in [0.15, 0.2) is 5.82 Å². The lowest BCUT2D eigenvalue weighted by molar-refractivity contribution is -0.385. The highest BCUT2D eigenvalue weighted by molar-refractivity contribution is 5.90. The summed E-state index contributed by atoms with van der Waals surface area (Å²) in [6.45, 7) is 1.94. The molecule has 4 fully saturated rings. The molecule has 1 amide bonds. The van der Waals surface area contributed by atoms with Crippen LogP contribution in [0.1, 0.15) is 61.8 Å². The SMILES string of the molecule is Cc1cc(NC(=O)CC23CC4CC(C2)CC(n2cc([N+](=O)[O-])cn2)(C4)C3)nn1Cc1cccc(C(F)(F)F)c1. The van der Waals surface area contributed by atoms with Crippen LogP contribution in [0.4, 0.5) is 24.7 Å². The second-order valence-electron chi connectivity index (χ2n) is 11.8. The lowest BCUT2D eigenvalue weighted by atomic mass is 9.46. The van der Waals surface area contributed by atoms with Gasteiger partial charge in [-0.1, -0.05) is 12.1 Å². The van der Waals surface area contributed by atoms with Crippen molar-refractivity contribution in [2.24, 2.45) is 17.3 Å². The normalized spacial score (nSPS) is 27.6. The van der Waals surface area contributed by atoms with Crippen LogP contribution in [-0.2, 0) is 23.1 Å². The standard InChI is InChI=1S/C27H29F3N6O3/c1-17-5-23(33-34(17)14-18-3-2-4-21(7-18)27(28,29)30)32-24(37)12-25-8-19-6-20(9-25)11-26(10-19,16-25)35-15-22(13-31-35)36(38)39/h2-5,7,13,15,19-20H,6,8-12,14,16H2,1H3,(H,32,33,37). The van der Waals surface area contributed by atoms with Gasteiger partial charge in [-0.3, -0.25) is 24.3 Å². The zero-order valence-electron chi connectivity index (χ0n) is 21.4. The maximum absolute atomic E-state index is 13.3. The van der Waals surface area contributed by atoms with Gasteiger partial charge in [0, 0.05) is 18.2 Å². The molecule has 2 unspecified atom stereocenters. The van der Waals surface area contributed by atoms with Crippen molar-refractivity contribution in [3.05, 3.63) is 69.7 Å². The molecule has 3 aromatic rings. The highest BCUT2D eigenvalue weighted by atomic mass is 19.4. The van der Waals surface area contributed by atoms with E-state index in [1.54, 1.807) is 28.4 Å². The molecule has 206 valence electrons. The van der Waals surface area contributed by atoms with Gasteiger partial charge in [0.25, 0.3) is 0 Å². The molecule has 0 spiro atoms. The van der Waals surface area contributed by atoms with Crippen LogP contribution in [0.2, 0.25) is 0 Å². The third-order valence-corrected chi connectivity index (χ3v) is 8.79. The van der Waals surface area contributed by atoms with Gasteiger partial charge in [-0.2, -0.15) is 23.4 Å². The molecule has 4 aliphatic carbocycles. The van der Waals surface area contributed by atoms with Gasteiger partial charge < -0.3 is 5.32 Å². The van der Waals surface area contributed by atoms with E-state index in [-0.39, 0.29) is 29.1 Å². The Morgan fingerprint density at radius 2 is 1.95 bits per heavy atom. The monoisotopic (exact) mass is 542 g/mol. The minimum Gasteiger partial charge on any atom is -0.309 e. The Morgan fingerprint density at radius 1 is 1.21 bits per heavy atom. The zero-order valence-corrected chi connectivity index (χ0v) is 21.4. The Balaban J connectivity index is 1.16. The predicted octanol–water partition coefficient (Wildman–Crippen LogP) is 5.69. The number of amides is 1. The number of halogens is 3. The number of carbonyl (C=O) groups is 1. The fourth-order valence-corrected chi connectivity index (χ4v) is 7.82. The van der Waals surface area contributed by atoms with Crippen LogP contribution in [0.25, 0.3) is 0 Å². The summed E-state index contributed by atoms with van der Waals surface area (Å²) < 4.78 is 42.6. The molecule has 4 aliphatic rings. The second-order valence-corrected chi connectivity index (χ2v) is 11.8. The molecule has 0 saturated heterocycles. The van der Waals surface area contributed by atoms with E-state index in [4.69, 9.17) is 0 Å². The van der Waals surface area contributed by atoms with Gasteiger partial charge in [0.2, 0.25) is 5.91 Å². The van der Waals surface area contributed by atoms with Crippen LogP contribution >= 0.6 is 0 Å². The van der Waals surface area contributed by atoms with Crippen molar-refractivity contribution < 1.29 is 22.9 Å². The van der Waals surface area contributed by atoms with Gasteiger partial charge in [-0.05, 0) is 80.4 Å². The molecule has 4 bridgehead atoms. The summed E-state index contributed by atoms with van der Waals surface area (Å²) in [5.41, 5.74) is -0.0554. The molecule has 1 aromatic carbocycles. The molecule has 12 heteroatoms. The van der Waals surface area contributed by atoms with Gasteiger partial charge in [0.1, 0.15) is 12.4 Å². The van der Waals surface area contributed by atoms with E-state index >= 15 is 0 Å². The molecular weight excluding hydrogens is 513 g/mol. The van der Waals surface area contributed by atoms with Crippen molar-refractivity contribution in [2.75, 3.05) is 5.32 Å². The molecule has 0 aliphatic heterocycles. The lowest BCUT2D eigenvalue weighted by Crippen LogP contribution is -2.57. The summed E-state index contributed by atoms with van der Waals surface area (Å²) in [6.07, 6.45) is 4.35. The molecule has 1 N–H and O–H groups in total. The van der Waals surface area contributed by atoms with Crippen molar-refractivity contribution in [3.8, 4) is 0 Å². The first-order valence-corrected chi connectivity index (χ1v) is 13.1. The first kappa shape index (κ1) is 25.6. The third-order valence-electron chi connectivity index (χ3n) is 8.79. The van der Waals surface area contributed by atoms with Crippen LogP contribution < -0.4 is 5.32 Å². The zero-order chi connectivity index (χ0) is 27.6. The molecule has 2 aromatic heterocycles. The maximum Gasteiger partial charge on any atom is 0.416 e. The Hall–Kier alpha value is -3.70. The summed E-state index contributed by atoms with van der Waals surface area (Å²) in [7, 11) is 0. The largest absolute Gasteiger partial charge is 0.416 e. The van der Waals surface area contributed by atoms with E-state index in [2.05, 4.69) is 15.5 Å². The van der Waals surface area contributed by atoms with Gasteiger partial charge in [0.05, 0.1) is 22.6 Å². The van der Waals surface area contributed by atoms with E-state index < -0.39 is 16.7 Å². The maximum atomic E-state index is 13.3. The van der Waals surface area contributed by atoms with Crippen LogP contribution in [0.5, 0.6) is 0 Å². The number of aromatic nitrogens is 4. The average molecular weight is 543 g/mol. The molecule has 7 rings (SSSR count). The van der Waals surface area contributed by atoms with Crippen molar-refractivity contribution in [1.29, 1.82) is 0 Å². The molecule has 39 heavy (non-hydrogen) atoms. The van der Waals surface area contributed by atoms with E-state index in [1.807, 2.05) is 0 Å². The first-order chi connectivity index (χ1) is 18.4. The van der Waals surface area contributed by atoms with E-state index in [0.29, 0.717) is 29.6 Å². The predicted molar refractivity (Wildman–Crippen MR) is 135 cm³/mol. The number of alkyl halides is 3. The number of hydrogen-bond donors (Lipinski definition) is 1. The van der Waals surface area contributed by atoms with Crippen LogP contribution in [0, 0.1) is 34.3 Å². The number of carbonyl (C=O) groups excluding carboxylic acids is 1. The summed E-state index contributed by atoms with van der Waals surface area (Å²) in [4.78, 5) is 24.1. The van der Waals surface area contributed by atoms with Crippen molar-refractivity contribution >= 4 is 17.4 Å². The fraction of sp³-hybridized carbons (Fsp3) is 0.519. The minimum absolute atomic E-state index is 0.0198. The first-order valence-electron chi connectivity index (χ1n) is 13.1. The molecule has 9 nitrogen and oxygen atoms in total. The van der Waals surface area contributed by atoms with Crippen molar-refractivity contribution in [2.45, 2.75) is 70.1 Å². The Labute approximate surface area is 222 Å². The quantitative estimate of drug-likeness (QED) is 0.305. The number of anilines is 1. The van der Waals surface area contributed by atoms with Crippen molar-refractivity contribution in [1.82, 2.24) is 19.6 Å². The Morgan fingerprint density at radius 3 is 2.62 bits per heavy atom. The molecule has 0 radical (unpaired) electrons. The summed E-state index contributed by atoms with van der Waals surface area (Å²) in [5.74, 6) is 1.13. The third kappa shape index (κ3) is 4.80. The number of rotatable bonds is 7. The van der Waals surface area contributed by atoms with Crippen LogP contribution in [-0.4, -0.2) is 30.4 Å². The molecule has 2 atom stereocenters. The summed E-state index contributed by atoms with van der Waals surface area (Å²) in [6, 6.07) is 6.85. The van der Waals surface area contributed by atoms with Crippen molar-refractivity contribution in [3.63, 3.8) is 0 Å². The summed E-state index contributed by atoms with van der Waals surface area (Å²) in [5, 5.41) is 23.0. The van der Waals surface area contributed by atoms with E-state index in [0.717, 1.165) is 56.4 Å². The highest BCUT2D eigenvalue weighted by Gasteiger charge is 2.59. The van der Waals surface area contributed by atoms with E-state index in [1.165, 1.54) is 18.5 Å². The Kier molecular flexibility index (Phi) is 5.85. The molecule has 4 saturated carbocycles. The topological polar surface area (TPSA) is 108 Å². The average Bonchev–Trinajstić information content (AvgIpc) is 3.45. The fourth-order valence-electron chi connectivity index (χ4n) is 7.82. The molecule has 2 heterocycles. The highest BCUT2D eigenvalue weighted by Crippen LogP contribution is 2.65. The molecular formula is C27H29F3N6O3. The number of benzene rings is 1. The van der Waals surface area contributed by atoms with Crippen LogP contribution in [0.15, 0.2) is 42.7 Å². The smallest absolute Gasteiger partial charge is 0.309 e. The van der Waals surface area contributed by atoms with Gasteiger partial charge in [-0.25, -0.2) is 0 Å². The second kappa shape index (κ2) is 8.92. The number of aryl methyl sites for hydroxylation is 1. The van der Waals surface area contributed by atoms with Gasteiger partial charge >= 0.3 is 11.9 Å². The number of nitrogens with zero attached hydrogens (tertiary/aromatic N) is 5. The van der Waals surface area contributed by atoms with E-state index in [9.17, 15) is 28.1 Å². The number of hydrogen-bond acceptors (Lipinski definition) is 5. The van der Waals surface area contributed by atoms with Gasteiger partial charge in [-0.15, -0.1) is 0 Å². The minimum atomic E-state index is -4.42. The summed E-state index contributed by atoms with van der Waals surface area (Å²) >= 11 is 0. The lowest BCUT2D eigenvalue weighted by Gasteiger charge is -2.61.